The van der Waals surface area contributed by atoms with E-state index in [1.165, 1.54) is 12.1 Å². The number of nitrogens with one attached hydrogen (secondary N) is 2. The molecule has 1 aromatic carbocycles. The summed E-state index contributed by atoms with van der Waals surface area (Å²) in [5.74, 6) is 0.627. The average Bonchev–Trinajstić information content (AvgIpc) is 3.30. The number of aromatic amines is 1. The van der Waals surface area contributed by atoms with Gasteiger partial charge in [-0.1, -0.05) is 0 Å². The van der Waals surface area contributed by atoms with E-state index in [9.17, 15) is 4.39 Å². The highest BCUT2D eigenvalue weighted by molar-refractivity contribution is 5.62. The van der Waals surface area contributed by atoms with Crippen LogP contribution in [0.25, 0.3) is 11.3 Å². The Morgan fingerprint density at radius 2 is 2.12 bits per heavy atom. The summed E-state index contributed by atoms with van der Waals surface area (Å²) < 4.78 is 20.3. The molecule has 3 rings (SSSR count). The summed E-state index contributed by atoms with van der Waals surface area (Å²) >= 11 is 0. The third kappa shape index (κ3) is 4.33. The van der Waals surface area contributed by atoms with E-state index >= 15 is 0 Å². The van der Waals surface area contributed by atoms with Crippen molar-refractivity contribution in [2.24, 2.45) is 0 Å². The quantitative estimate of drug-likeness (QED) is 0.575. The summed E-state index contributed by atoms with van der Waals surface area (Å²) in [6.07, 6.45) is 4.43. The van der Waals surface area contributed by atoms with Crippen molar-refractivity contribution in [3.8, 4) is 11.3 Å². The summed E-state index contributed by atoms with van der Waals surface area (Å²) in [5, 5.41) is 18.8. The second kappa shape index (κ2) is 8.68. The van der Waals surface area contributed by atoms with Crippen LogP contribution in [0.4, 0.5) is 4.39 Å². The van der Waals surface area contributed by atoms with E-state index in [1.807, 2.05) is 4.57 Å². The number of H-pyrrole nitrogens is 1. The van der Waals surface area contributed by atoms with E-state index < -0.39 is 0 Å². The molecule has 0 aliphatic rings. The summed E-state index contributed by atoms with van der Waals surface area (Å²) in [6, 6.07) is 6.39. The van der Waals surface area contributed by atoms with Crippen LogP contribution >= 0.6 is 0 Å². The van der Waals surface area contributed by atoms with Crippen molar-refractivity contribution in [2.45, 2.75) is 32.5 Å². The van der Waals surface area contributed by atoms with E-state index in [0.29, 0.717) is 13.2 Å². The summed E-state index contributed by atoms with van der Waals surface area (Å²) in [4.78, 5) is 0. The van der Waals surface area contributed by atoms with Crippen LogP contribution in [0.1, 0.15) is 30.8 Å². The van der Waals surface area contributed by atoms with Crippen LogP contribution < -0.4 is 5.32 Å². The topological polar surface area (TPSA) is 80.7 Å². The molecule has 0 radical (unpaired) electrons. The van der Waals surface area contributed by atoms with Crippen molar-refractivity contribution in [3.05, 3.63) is 54.0 Å². The molecule has 0 spiro atoms. The average molecular weight is 358 g/mol. The van der Waals surface area contributed by atoms with E-state index in [1.54, 1.807) is 31.8 Å². The molecule has 3 aromatic rings. The van der Waals surface area contributed by atoms with Crippen LogP contribution in [0.2, 0.25) is 0 Å². The van der Waals surface area contributed by atoms with E-state index in [4.69, 9.17) is 4.74 Å². The molecule has 138 valence electrons. The van der Waals surface area contributed by atoms with E-state index in [2.05, 4.69) is 32.6 Å². The minimum atomic E-state index is -0.255. The zero-order valence-electron chi connectivity index (χ0n) is 14.9. The monoisotopic (exact) mass is 358 g/mol. The van der Waals surface area contributed by atoms with Gasteiger partial charge in [-0.3, -0.25) is 5.10 Å². The molecule has 0 saturated heterocycles. The Balaban J connectivity index is 1.64. The van der Waals surface area contributed by atoms with Crippen molar-refractivity contribution in [2.75, 3.05) is 13.7 Å². The first-order valence-electron chi connectivity index (χ1n) is 8.57. The lowest BCUT2D eigenvalue weighted by molar-refractivity contribution is 0.189. The number of methoxy groups -OCH3 is 1. The fourth-order valence-electron chi connectivity index (χ4n) is 2.82. The number of aryl methyl sites for hydroxylation is 1. The van der Waals surface area contributed by atoms with Gasteiger partial charge in [-0.25, -0.2) is 4.39 Å². The van der Waals surface area contributed by atoms with Crippen LogP contribution in [-0.4, -0.2) is 38.7 Å². The van der Waals surface area contributed by atoms with Gasteiger partial charge in [-0.2, -0.15) is 5.10 Å². The second-order valence-corrected chi connectivity index (χ2v) is 6.11. The number of halogens is 1. The SMILES string of the molecule is COCCCn1cnnc1C(C)NCc1cn[nH]c1-c1ccc(F)cc1. The number of benzene rings is 1. The Morgan fingerprint density at radius 1 is 1.31 bits per heavy atom. The summed E-state index contributed by atoms with van der Waals surface area (Å²) in [5.41, 5.74) is 2.79. The van der Waals surface area contributed by atoms with Crippen molar-refractivity contribution >= 4 is 0 Å². The van der Waals surface area contributed by atoms with Gasteiger partial charge >= 0.3 is 0 Å². The van der Waals surface area contributed by atoms with Crippen molar-refractivity contribution < 1.29 is 9.13 Å². The van der Waals surface area contributed by atoms with Crippen LogP contribution in [0.3, 0.4) is 0 Å². The first-order chi connectivity index (χ1) is 12.7. The van der Waals surface area contributed by atoms with Crippen molar-refractivity contribution in [1.82, 2.24) is 30.3 Å². The lowest BCUT2D eigenvalue weighted by Crippen LogP contribution is -2.22. The molecular formula is C18H23FN6O. The summed E-state index contributed by atoms with van der Waals surface area (Å²) in [7, 11) is 1.70. The van der Waals surface area contributed by atoms with Gasteiger partial charge < -0.3 is 14.6 Å². The highest BCUT2D eigenvalue weighted by atomic mass is 19.1. The number of hydrogen-bond acceptors (Lipinski definition) is 5. The maximum Gasteiger partial charge on any atom is 0.149 e. The fraction of sp³-hybridized carbons (Fsp3) is 0.389. The van der Waals surface area contributed by atoms with Gasteiger partial charge in [-0.15, -0.1) is 10.2 Å². The number of rotatable bonds is 9. The Hall–Kier alpha value is -2.58. The molecule has 1 atom stereocenters. The zero-order valence-corrected chi connectivity index (χ0v) is 14.9. The van der Waals surface area contributed by atoms with E-state index in [-0.39, 0.29) is 11.9 Å². The lowest BCUT2D eigenvalue weighted by Gasteiger charge is -2.15. The first-order valence-corrected chi connectivity index (χ1v) is 8.57. The predicted octanol–water partition coefficient (Wildman–Crippen LogP) is 2.69. The normalized spacial score (nSPS) is 12.4. The number of hydrogen-bond donors (Lipinski definition) is 2. The molecule has 0 fully saturated rings. The maximum atomic E-state index is 13.1. The third-order valence-electron chi connectivity index (χ3n) is 4.23. The van der Waals surface area contributed by atoms with Crippen LogP contribution in [0.5, 0.6) is 0 Å². The molecule has 1 unspecified atom stereocenters. The lowest BCUT2D eigenvalue weighted by atomic mass is 10.1. The molecule has 2 heterocycles. The molecule has 8 heteroatoms. The molecule has 0 saturated carbocycles. The molecule has 0 bridgehead atoms. The second-order valence-electron chi connectivity index (χ2n) is 6.11. The van der Waals surface area contributed by atoms with Crippen LogP contribution in [0.15, 0.2) is 36.8 Å². The molecular weight excluding hydrogens is 335 g/mol. The van der Waals surface area contributed by atoms with Gasteiger partial charge in [0.2, 0.25) is 0 Å². The van der Waals surface area contributed by atoms with E-state index in [0.717, 1.165) is 35.6 Å². The minimum Gasteiger partial charge on any atom is -0.385 e. The number of nitrogens with zero attached hydrogens (tertiary/aromatic N) is 4. The van der Waals surface area contributed by atoms with Gasteiger partial charge in [0.25, 0.3) is 0 Å². The van der Waals surface area contributed by atoms with Gasteiger partial charge in [0, 0.05) is 37.9 Å². The maximum absolute atomic E-state index is 13.1. The Bertz CT molecular complexity index is 813. The third-order valence-corrected chi connectivity index (χ3v) is 4.23. The minimum absolute atomic E-state index is 0.0241. The number of aromatic nitrogens is 5. The molecule has 2 aromatic heterocycles. The molecule has 0 aliphatic heterocycles. The number of ether oxygens (including phenoxy) is 1. The van der Waals surface area contributed by atoms with Crippen molar-refractivity contribution in [1.29, 1.82) is 0 Å². The van der Waals surface area contributed by atoms with Gasteiger partial charge in [0.15, 0.2) is 0 Å². The molecule has 0 amide bonds. The highest BCUT2D eigenvalue weighted by Crippen LogP contribution is 2.22. The standard InChI is InChI=1S/C18H23FN6O/c1-13(18-24-22-12-25(18)8-3-9-26-2)20-10-15-11-21-23-17(15)14-4-6-16(19)7-5-14/h4-7,11-13,20H,3,8-10H2,1-2H3,(H,21,23). The van der Waals surface area contributed by atoms with Crippen molar-refractivity contribution in [3.63, 3.8) is 0 Å². The Labute approximate surface area is 151 Å². The smallest absolute Gasteiger partial charge is 0.149 e. The Morgan fingerprint density at radius 3 is 2.88 bits per heavy atom. The fourth-order valence-corrected chi connectivity index (χ4v) is 2.82. The Kier molecular flexibility index (Phi) is 6.08. The van der Waals surface area contributed by atoms with Crippen LogP contribution in [-0.2, 0) is 17.8 Å². The zero-order chi connectivity index (χ0) is 18.4. The predicted molar refractivity (Wildman–Crippen MR) is 95.8 cm³/mol. The first kappa shape index (κ1) is 18.2. The summed E-state index contributed by atoms with van der Waals surface area (Å²) in [6.45, 7) is 4.17. The molecule has 2 N–H and O–H groups in total. The molecule has 26 heavy (non-hydrogen) atoms. The van der Waals surface area contributed by atoms with Gasteiger partial charge in [0.05, 0.1) is 17.9 Å². The highest BCUT2D eigenvalue weighted by Gasteiger charge is 2.14. The van der Waals surface area contributed by atoms with Gasteiger partial charge in [0.1, 0.15) is 18.0 Å². The molecule has 7 nitrogen and oxygen atoms in total. The molecule has 0 aliphatic carbocycles. The largest absolute Gasteiger partial charge is 0.385 e. The van der Waals surface area contributed by atoms with Gasteiger partial charge in [-0.05, 0) is 37.6 Å². The van der Waals surface area contributed by atoms with Crippen LogP contribution in [0, 0.1) is 5.82 Å².